The molecule has 1 atom stereocenters. The third-order valence-corrected chi connectivity index (χ3v) is 1.41. The molecule has 0 rings (SSSR count). The zero-order valence-electron chi connectivity index (χ0n) is 7.18. The van der Waals surface area contributed by atoms with E-state index in [-0.39, 0.29) is 0 Å². The summed E-state index contributed by atoms with van der Waals surface area (Å²) in [4.78, 5) is 0. The van der Waals surface area contributed by atoms with Crippen molar-refractivity contribution < 1.29 is 9.84 Å². The second kappa shape index (κ2) is 4.69. The molecule has 0 aliphatic rings. The summed E-state index contributed by atoms with van der Waals surface area (Å²) in [5.74, 6) is 0. The SMILES string of the molecule is CCCC(C)(O)COCC. The van der Waals surface area contributed by atoms with Crippen LogP contribution in [-0.2, 0) is 4.74 Å². The molecular formula is C8H18O2. The fourth-order valence-corrected chi connectivity index (χ4v) is 0.933. The quantitative estimate of drug-likeness (QED) is 0.638. The van der Waals surface area contributed by atoms with Gasteiger partial charge in [0.05, 0.1) is 12.2 Å². The lowest BCUT2D eigenvalue weighted by Gasteiger charge is -2.21. The number of hydrogen-bond acceptors (Lipinski definition) is 2. The predicted molar refractivity (Wildman–Crippen MR) is 42.0 cm³/mol. The maximum atomic E-state index is 9.52. The highest BCUT2D eigenvalue weighted by Gasteiger charge is 2.18. The third kappa shape index (κ3) is 4.77. The van der Waals surface area contributed by atoms with Crippen LogP contribution in [0.15, 0.2) is 0 Å². The molecule has 0 aliphatic heterocycles. The molecule has 0 saturated carbocycles. The normalized spacial score (nSPS) is 16.8. The molecule has 0 amide bonds. The minimum absolute atomic E-state index is 0.456. The minimum Gasteiger partial charge on any atom is -0.388 e. The van der Waals surface area contributed by atoms with Gasteiger partial charge in [-0.1, -0.05) is 13.3 Å². The van der Waals surface area contributed by atoms with Gasteiger partial charge in [0.25, 0.3) is 0 Å². The van der Waals surface area contributed by atoms with Gasteiger partial charge in [-0.15, -0.1) is 0 Å². The van der Waals surface area contributed by atoms with Gasteiger partial charge in [-0.25, -0.2) is 0 Å². The summed E-state index contributed by atoms with van der Waals surface area (Å²) in [6.07, 6.45) is 1.81. The van der Waals surface area contributed by atoms with Crippen LogP contribution in [0.2, 0.25) is 0 Å². The molecule has 0 saturated heterocycles. The molecule has 10 heavy (non-hydrogen) atoms. The van der Waals surface area contributed by atoms with Crippen LogP contribution in [0.3, 0.4) is 0 Å². The fourth-order valence-electron chi connectivity index (χ4n) is 0.933. The lowest BCUT2D eigenvalue weighted by Crippen LogP contribution is -2.30. The van der Waals surface area contributed by atoms with Crippen molar-refractivity contribution >= 4 is 0 Å². The third-order valence-electron chi connectivity index (χ3n) is 1.41. The molecule has 0 aromatic heterocycles. The molecule has 62 valence electrons. The standard InChI is InChI=1S/C8H18O2/c1-4-6-8(3,9)7-10-5-2/h9H,4-7H2,1-3H3. The zero-order valence-corrected chi connectivity index (χ0v) is 7.18. The Morgan fingerprint density at radius 1 is 1.40 bits per heavy atom. The number of hydrogen-bond donors (Lipinski definition) is 1. The Balaban J connectivity index is 3.42. The van der Waals surface area contributed by atoms with Crippen molar-refractivity contribution in [2.45, 2.75) is 39.2 Å². The summed E-state index contributed by atoms with van der Waals surface area (Å²) in [7, 11) is 0. The predicted octanol–water partition coefficient (Wildman–Crippen LogP) is 1.57. The highest BCUT2D eigenvalue weighted by molar-refractivity contribution is 4.70. The van der Waals surface area contributed by atoms with Crippen molar-refractivity contribution in [3.8, 4) is 0 Å². The maximum absolute atomic E-state index is 9.52. The van der Waals surface area contributed by atoms with Gasteiger partial charge in [0.15, 0.2) is 0 Å². The first-order chi connectivity index (χ1) is 4.62. The van der Waals surface area contributed by atoms with Crippen LogP contribution < -0.4 is 0 Å². The highest BCUT2D eigenvalue weighted by atomic mass is 16.5. The first kappa shape index (κ1) is 9.92. The van der Waals surface area contributed by atoms with Gasteiger partial charge in [-0.05, 0) is 20.3 Å². The summed E-state index contributed by atoms with van der Waals surface area (Å²) >= 11 is 0. The van der Waals surface area contributed by atoms with E-state index in [1.165, 1.54) is 0 Å². The molecule has 0 bridgehead atoms. The summed E-state index contributed by atoms with van der Waals surface area (Å²) < 4.78 is 5.10. The van der Waals surface area contributed by atoms with Gasteiger partial charge >= 0.3 is 0 Å². The molecule has 0 radical (unpaired) electrons. The Kier molecular flexibility index (Phi) is 4.65. The highest BCUT2D eigenvalue weighted by Crippen LogP contribution is 2.11. The van der Waals surface area contributed by atoms with E-state index in [9.17, 15) is 5.11 Å². The smallest absolute Gasteiger partial charge is 0.0852 e. The summed E-state index contributed by atoms with van der Waals surface area (Å²) in [5, 5.41) is 9.52. The van der Waals surface area contributed by atoms with Gasteiger partial charge in [-0.3, -0.25) is 0 Å². The molecular weight excluding hydrogens is 128 g/mol. The van der Waals surface area contributed by atoms with Crippen molar-refractivity contribution in [1.82, 2.24) is 0 Å². The molecule has 0 aliphatic carbocycles. The van der Waals surface area contributed by atoms with E-state index in [2.05, 4.69) is 6.92 Å². The van der Waals surface area contributed by atoms with Gasteiger partial charge in [-0.2, -0.15) is 0 Å². The van der Waals surface area contributed by atoms with Gasteiger partial charge in [0, 0.05) is 6.61 Å². The first-order valence-corrected chi connectivity index (χ1v) is 3.92. The van der Waals surface area contributed by atoms with Crippen LogP contribution in [0.1, 0.15) is 33.6 Å². The van der Waals surface area contributed by atoms with Crippen molar-refractivity contribution in [2.75, 3.05) is 13.2 Å². The Morgan fingerprint density at radius 3 is 2.40 bits per heavy atom. The zero-order chi connectivity index (χ0) is 8.04. The van der Waals surface area contributed by atoms with E-state index in [4.69, 9.17) is 4.74 Å². The molecule has 0 aromatic rings. The van der Waals surface area contributed by atoms with Gasteiger partial charge in [0.2, 0.25) is 0 Å². The Hall–Kier alpha value is -0.0800. The average molecular weight is 146 g/mol. The number of ether oxygens (including phenoxy) is 1. The molecule has 2 nitrogen and oxygen atoms in total. The second-order valence-electron chi connectivity index (χ2n) is 2.88. The van der Waals surface area contributed by atoms with E-state index in [1.54, 1.807) is 0 Å². The summed E-state index contributed by atoms with van der Waals surface area (Å²) in [6, 6.07) is 0. The lowest BCUT2D eigenvalue weighted by atomic mass is 10.0. The molecule has 1 N–H and O–H groups in total. The van der Waals surface area contributed by atoms with Crippen LogP contribution in [0.4, 0.5) is 0 Å². The first-order valence-electron chi connectivity index (χ1n) is 3.92. The van der Waals surface area contributed by atoms with Crippen LogP contribution in [0.25, 0.3) is 0 Å². The largest absolute Gasteiger partial charge is 0.388 e. The fraction of sp³-hybridized carbons (Fsp3) is 1.00. The number of aliphatic hydroxyl groups is 1. The van der Waals surface area contributed by atoms with E-state index < -0.39 is 5.60 Å². The van der Waals surface area contributed by atoms with Crippen LogP contribution in [-0.4, -0.2) is 23.9 Å². The van der Waals surface area contributed by atoms with E-state index >= 15 is 0 Å². The Bertz CT molecular complexity index is 79.3. The van der Waals surface area contributed by atoms with Crippen molar-refractivity contribution in [3.63, 3.8) is 0 Å². The van der Waals surface area contributed by atoms with Crippen LogP contribution in [0, 0.1) is 0 Å². The second-order valence-corrected chi connectivity index (χ2v) is 2.88. The molecule has 1 unspecified atom stereocenters. The van der Waals surface area contributed by atoms with E-state index in [0.717, 1.165) is 12.8 Å². The van der Waals surface area contributed by atoms with Crippen LogP contribution in [0.5, 0.6) is 0 Å². The van der Waals surface area contributed by atoms with Crippen molar-refractivity contribution in [2.24, 2.45) is 0 Å². The summed E-state index contributed by atoms with van der Waals surface area (Å²) in [5.41, 5.74) is -0.620. The lowest BCUT2D eigenvalue weighted by molar-refractivity contribution is -0.0358. The topological polar surface area (TPSA) is 29.5 Å². The van der Waals surface area contributed by atoms with Gasteiger partial charge < -0.3 is 9.84 Å². The summed E-state index contributed by atoms with van der Waals surface area (Å²) in [6.45, 7) is 6.94. The Labute approximate surface area is 63.2 Å². The number of rotatable bonds is 5. The monoisotopic (exact) mass is 146 g/mol. The van der Waals surface area contributed by atoms with Crippen molar-refractivity contribution in [3.05, 3.63) is 0 Å². The van der Waals surface area contributed by atoms with Crippen molar-refractivity contribution in [1.29, 1.82) is 0 Å². The van der Waals surface area contributed by atoms with Crippen LogP contribution >= 0.6 is 0 Å². The molecule has 2 heteroatoms. The van der Waals surface area contributed by atoms with E-state index in [1.807, 2.05) is 13.8 Å². The van der Waals surface area contributed by atoms with Gasteiger partial charge in [0.1, 0.15) is 0 Å². The Morgan fingerprint density at radius 2 is 2.00 bits per heavy atom. The average Bonchev–Trinajstić information content (AvgIpc) is 1.84. The van der Waals surface area contributed by atoms with E-state index in [0.29, 0.717) is 13.2 Å². The maximum Gasteiger partial charge on any atom is 0.0852 e. The molecule has 0 aromatic carbocycles. The molecule has 0 spiro atoms. The minimum atomic E-state index is -0.620. The molecule has 0 fully saturated rings. The molecule has 0 heterocycles.